The normalized spacial score (nSPS) is 27.1. The average molecular weight is 696 g/mol. The lowest BCUT2D eigenvalue weighted by molar-refractivity contribution is -0.384. The minimum absolute atomic E-state index is 0.0190. The zero-order chi connectivity index (χ0) is 34.6. The van der Waals surface area contributed by atoms with Gasteiger partial charge in [-0.3, -0.25) is 25.8 Å². The van der Waals surface area contributed by atoms with Gasteiger partial charge in [0.05, 0.1) is 47.7 Å². The molecule has 14 heteroatoms. The van der Waals surface area contributed by atoms with Crippen molar-refractivity contribution in [1.29, 1.82) is 0 Å². The molecule has 0 aliphatic carbocycles. The number of carbonyl (C=O) groups is 1. The van der Waals surface area contributed by atoms with E-state index in [2.05, 4.69) is 83.6 Å². The van der Waals surface area contributed by atoms with Crippen LogP contribution >= 0.6 is 0 Å². The van der Waals surface area contributed by atoms with E-state index in [1.165, 1.54) is 24.3 Å². The first-order chi connectivity index (χ1) is 21.1. The molecule has 0 spiro atoms. The molecule has 260 valence electrons. The van der Waals surface area contributed by atoms with Crippen molar-refractivity contribution in [2.45, 2.75) is 129 Å². The van der Waals surface area contributed by atoms with E-state index in [0.717, 1.165) is 12.0 Å². The number of nitrogens with zero attached hydrogens (tertiary/aromatic N) is 1. The summed E-state index contributed by atoms with van der Waals surface area (Å²) in [7, 11) is -5.63. The number of hydrogen-bond donors (Lipinski definition) is 2. The minimum Gasteiger partial charge on any atom is -0.415 e. The van der Waals surface area contributed by atoms with Crippen molar-refractivity contribution in [2.24, 2.45) is 11.8 Å². The van der Waals surface area contributed by atoms with Crippen LogP contribution in [-0.4, -0.2) is 79.0 Å². The van der Waals surface area contributed by atoms with Crippen LogP contribution in [0.1, 0.15) is 33.6 Å². The molecule has 2 fully saturated rings. The Labute approximate surface area is 278 Å². The second-order valence-corrected chi connectivity index (χ2v) is 29.2. The number of nitro benzene ring substituents is 1. The molecule has 46 heavy (non-hydrogen) atoms. The fourth-order valence-electron chi connectivity index (χ4n) is 5.89. The summed E-state index contributed by atoms with van der Waals surface area (Å²) in [6.07, 6.45) is 2.67. The first-order valence-electron chi connectivity index (χ1n) is 16.4. The molecule has 1 amide bonds. The van der Waals surface area contributed by atoms with E-state index in [1.54, 1.807) is 6.08 Å². The maximum absolute atomic E-state index is 12.7. The van der Waals surface area contributed by atoms with Gasteiger partial charge in [-0.1, -0.05) is 12.5 Å². The average Bonchev–Trinajstić information content (AvgIpc) is 3.67. The lowest BCUT2D eigenvalue weighted by Crippen LogP contribution is -2.58. The Balaban J connectivity index is 1.70. The third kappa shape index (κ3) is 12.6. The molecular formula is C32H57N3O8Si3. The maximum Gasteiger partial charge on any atom is 0.269 e. The third-order valence-corrected chi connectivity index (χ3v) is 11.0. The highest BCUT2D eigenvalue weighted by Gasteiger charge is 2.51. The van der Waals surface area contributed by atoms with Crippen LogP contribution in [-0.2, 0) is 27.5 Å². The fourth-order valence-corrected chi connectivity index (χ4v) is 9.47. The quantitative estimate of drug-likeness (QED) is 0.0625. The molecule has 2 saturated heterocycles. The summed E-state index contributed by atoms with van der Waals surface area (Å²) in [6.45, 7) is 26.7. The Morgan fingerprint density at radius 2 is 1.57 bits per heavy atom. The molecule has 0 aromatic heterocycles. The van der Waals surface area contributed by atoms with Crippen LogP contribution in [0.2, 0.25) is 58.9 Å². The first kappa shape index (κ1) is 38.5. The van der Waals surface area contributed by atoms with Gasteiger partial charge in [-0.15, -0.1) is 0 Å². The van der Waals surface area contributed by atoms with Gasteiger partial charge in [0.15, 0.2) is 25.0 Å². The summed E-state index contributed by atoms with van der Waals surface area (Å²) in [4.78, 5) is 23.2. The van der Waals surface area contributed by atoms with Crippen LogP contribution in [0, 0.1) is 22.0 Å². The van der Waals surface area contributed by atoms with Crippen molar-refractivity contribution < 1.29 is 32.5 Å². The Morgan fingerprint density at radius 1 is 0.978 bits per heavy atom. The van der Waals surface area contributed by atoms with Crippen LogP contribution in [0.15, 0.2) is 35.9 Å². The van der Waals surface area contributed by atoms with E-state index in [4.69, 9.17) is 22.8 Å². The van der Waals surface area contributed by atoms with E-state index in [1.807, 2.05) is 6.92 Å². The number of ether oxygens (including phenoxy) is 2. The highest BCUT2D eigenvalue weighted by Crippen LogP contribution is 2.41. The molecule has 8 atom stereocenters. The van der Waals surface area contributed by atoms with Gasteiger partial charge in [0.25, 0.3) is 11.6 Å². The second kappa shape index (κ2) is 15.5. The summed E-state index contributed by atoms with van der Waals surface area (Å²) < 4.78 is 33.0. The number of nitro groups is 1. The number of hydrogen-bond acceptors (Lipinski definition) is 9. The number of non-ortho nitro benzene ring substituents is 1. The van der Waals surface area contributed by atoms with Crippen molar-refractivity contribution in [3.05, 3.63) is 46.0 Å². The molecule has 3 rings (SSSR count). The Morgan fingerprint density at radius 3 is 2.11 bits per heavy atom. The number of rotatable bonds is 16. The van der Waals surface area contributed by atoms with Gasteiger partial charge in [0.2, 0.25) is 0 Å². The Bertz CT molecular complexity index is 1210. The van der Waals surface area contributed by atoms with E-state index in [0.29, 0.717) is 24.6 Å². The zero-order valence-electron chi connectivity index (χ0n) is 29.8. The SMILES string of the molecule is C/C(=C\C(=O)NNc1ccc([N+](=O)[O-])cc1)C[C@@H]1OC[C@H](C[C@@H]2O[C@H]2[C@@H](C)[C@H](C)O[Si](C)(C)C)[C@@H](O[Si](C)(C)C)[C@H]1O[Si](C)(C)C. The fraction of sp³-hybridized carbons (Fsp3) is 0.719. The minimum atomic E-state index is -2.01. The van der Waals surface area contributed by atoms with Crippen LogP contribution in [0.25, 0.3) is 0 Å². The van der Waals surface area contributed by atoms with Crippen LogP contribution in [0.3, 0.4) is 0 Å². The van der Waals surface area contributed by atoms with Crippen molar-refractivity contribution in [3.63, 3.8) is 0 Å². The van der Waals surface area contributed by atoms with Gasteiger partial charge in [-0.25, -0.2) is 0 Å². The zero-order valence-corrected chi connectivity index (χ0v) is 32.8. The van der Waals surface area contributed by atoms with Crippen molar-refractivity contribution in [3.8, 4) is 0 Å². The van der Waals surface area contributed by atoms with E-state index < -0.39 is 29.9 Å². The van der Waals surface area contributed by atoms with Gasteiger partial charge in [-0.2, -0.15) is 0 Å². The molecule has 1 aromatic carbocycles. The van der Waals surface area contributed by atoms with Crippen molar-refractivity contribution in [1.82, 2.24) is 5.43 Å². The van der Waals surface area contributed by atoms with Crippen LogP contribution < -0.4 is 10.9 Å². The van der Waals surface area contributed by atoms with Gasteiger partial charge >= 0.3 is 0 Å². The number of hydrazine groups is 1. The number of carbonyl (C=O) groups excluding carboxylic acids is 1. The third-order valence-electron chi connectivity index (χ3n) is 7.92. The second-order valence-electron chi connectivity index (χ2n) is 15.8. The molecule has 11 nitrogen and oxygen atoms in total. The monoisotopic (exact) mass is 695 g/mol. The van der Waals surface area contributed by atoms with Gasteiger partial charge in [0.1, 0.15) is 0 Å². The summed E-state index contributed by atoms with van der Waals surface area (Å²) in [5, 5.41) is 10.9. The molecule has 2 aliphatic rings. The topological polar surface area (TPSA) is 134 Å². The highest BCUT2D eigenvalue weighted by molar-refractivity contribution is 6.70. The van der Waals surface area contributed by atoms with E-state index in [9.17, 15) is 14.9 Å². The first-order valence-corrected chi connectivity index (χ1v) is 26.6. The molecule has 2 aliphatic heterocycles. The van der Waals surface area contributed by atoms with E-state index >= 15 is 0 Å². The molecule has 0 radical (unpaired) electrons. The molecule has 2 N–H and O–H groups in total. The van der Waals surface area contributed by atoms with Gasteiger partial charge in [-0.05, 0) is 97.7 Å². The number of amides is 1. The summed E-state index contributed by atoms with van der Waals surface area (Å²) in [5.74, 6) is 0.0897. The predicted octanol–water partition coefficient (Wildman–Crippen LogP) is 6.86. The lowest BCUT2D eigenvalue weighted by Gasteiger charge is -2.47. The number of nitrogens with one attached hydrogen (secondary N) is 2. The highest BCUT2D eigenvalue weighted by atomic mass is 28.4. The smallest absolute Gasteiger partial charge is 0.269 e. The molecule has 2 heterocycles. The summed E-state index contributed by atoms with van der Waals surface area (Å²) in [5.41, 5.74) is 6.80. The number of anilines is 1. The molecular weight excluding hydrogens is 639 g/mol. The molecule has 1 aromatic rings. The van der Waals surface area contributed by atoms with Gasteiger partial charge in [0, 0.05) is 36.1 Å². The molecule has 0 unspecified atom stereocenters. The lowest BCUT2D eigenvalue weighted by atomic mass is 9.85. The summed E-state index contributed by atoms with van der Waals surface area (Å²) in [6, 6.07) is 5.83. The van der Waals surface area contributed by atoms with Gasteiger partial charge < -0.3 is 22.8 Å². The maximum atomic E-state index is 12.7. The van der Waals surface area contributed by atoms with Crippen molar-refractivity contribution in [2.75, 3.05) is 12.0 Å². The Hall–Kier alpha value is -1.92. The van der Waals surface area contributed by atoms with Crippen molar-refractivity contribution >= 4 is 42.2 Å². The standard InChI is InChI=1S/C32H57N3O8Si3/c1-21(18-29(36)34-33-25-13-15-26(16-14-25)35(37)38)17-27-32(43-46(10,11)12)31(42-45(7,8)9)24(20-39-27)19-28-30(40-28)22(2)23(3)41-44(4,5)6/h13-16,18,22-24,27-28,30-33H,17,19-20H2,1-12H3,(H,34,36)/b21-18+/t22-,23-,24-,27-,28-,30-,31+,32-/m0/s1. The Kier molecular flexibility index (Phi) is 13.0. The van der Waals surface area contributed by atoms with Crippen LogP contribution in [0.5, 0.6) is 0 Å². The summed E-state index contributed by atoms with van der Waals surface area (Å²) >= 11 is 0. The molecule has 0 bridgehead atoms. The number of benzene rings is 1. The van der Waals surface area contributed by atoms with Crippen LogP contribution in [0.4, 0.5) is 11.4 Å². The predicted molar refractivity (Wildman–Crippen MR) is 189 cm³/mol. The van der Waals surface area contributed by atoms with E-state index in [-0.39, 0.29) is 54.1 Å². The largest absolute Gasteiger partial charge is 0.415 e. The molecule has 0 saturated carbocycles. The number of epoxide rings is 1.